The van der Waals surface area contributed by atoms with Gasteiger partial charge >= 0.3 is 0 Å². The minimum Gasteiger partial charge on any atom is -0.349 e. The van der Waals surface area contributed by atoms with E-state index in [4.69, 9.17) is 11.6 Å². The van der Waals surface area contributed by atoms with E-state index in [9.17, 15) is 18.0 Å². The third-order valence-electron chi connectivity index (χ3n) is 4.69. The molecule has 0 saturated carbocycles. The molecule has 0 unspecified atom stereocenters. The highest BCUT2D eigenvalue weighted by Crippen LogP contribution is 2.22. The molecule has 1 aromatic carbocycles. The molecule has 0 aromatic heterocycles. The number of hydrogen-bond donors (Lipinski definition) is 1. The molecule has 0 atom stereocenters. The van der Waals surface area contributed by atoms with Crippen LogP contribution < -0.4 is 5.32 Å². The average Bonchev–Trinajstić information content (AvgIpc) is 2.61. The lowest BCUT2D eigenvalue weighted by Crippen LogP contribution is -2.46. The van der Waals surface area contributed by atoms with Crippen molar-refractivity contribution in [3.8, 4) is 0 Å². The number of nitrogens with one attached hydrogen (secondary N) is 1. The van der Waals surface area contributed by atoms with Crippen LogP contribution in [0.2, 0.25) is 5.02 Å². The minimum atomic E-state index is -3.41. The lowest BCUT2D eigenvalue weighted by atomic mass is 10.0. The summed E-state index contributed by atoms with van der Waals surface area (Å²) in [6, 6.07) is 4.11. The maximum Gasteiger partial charge on any atom is 0.253 e. The molecule has 1 heterocycles. The number of carbonyl (C=O) groups is 2. The van der Waals surface area contributed by atoms with Crippen molar-refractivity contribution in [2.24, 2.45) is 5.92 Å². The first-order chi connectivity index (χ1) is 12.6. The van der Waals surface area contributed by atoms with E-state index in [1.54, 1.807) is 6.92 Å². The third kappa shape index (κ3) is 5.69. The number of rotatable bonds is 6. The lowest BCUT2D eigenvalue weighted by Gasteiger charge is -2.33. The van der Waals surface area contributed by atoms with Gasteiger partial charge in [0.15, 0.2) is 9.84 Å². The Bertz CT molecular complexity index is 800. The second-order valence-electron chi connectivity index (χ2n) is 7.27. The fraction of sp³-hybridized carbons (Fsp3) is 0.579. The van der Waals surface area contributed by atoms with Crippen LogP contribution in [0.4, 0.5) is 0 Å². The van der Waals surface area contributed by atoms with Crippen LogP contribution in [0.1, 0.15) is 50.4 Å². The van der Waals surface area contributed by atoms with Crippen molar-refractivity contribution >= 4 is 33.3 Å². The second kappa shape index (κ2) is 9.06. The Morgan fingerprint density at radius 1 is 1.26 bits per heavy atom. The lowest BCUT2D eigenvalue weighted by molar-refractivity contribution is -0.133. The zero-order valence-electron chi connectivity index (χ0n) is 16.0. The van der Waals surface area contributed by atoms with Crippen molar-refractivity contribution < 1.29 is 18.0 Å². The summed E-state index contributed by atoms with van der Waals surface area (Å²) >= 11 is 6.11. The molecule has 0 spiro atoms. The largest absolute Gasteiger partial charge is 0.349 e. The van der Waals surface area contributed by atoms with Gasteiger partial charge in [-0.25, -0.2) is 8.42 Å². The fourth-order valence-corrected chi connectivity index (χ4v) is 4.16. The van der Waals surface area contributed by atoms with E-state index in [0.29, 0.717) is 38.3 Å². The summed E-state index contributed by atoms with van der Waals surface area (Å²) in [7, 11) is -3.41. The Balaban J connectivity index is 2.01. The molecule has 1 fully saturated rings. The molecule has 1 aliphatic heterocycles. The molecule has 27 heavy (non-hydrogen) atoms. The summed E-state index contributed by atoms with van der Waals surface area (Å²) in [4.78, 5) is 26.6. The summed E-state index contributed by atoms with van der Waals surface area (Å²) in [5, 5.41) is 3.13. The Labute approximate surface area is 166 Å². The number of piperidine rings is 1. The number of sulfone groups is 1. The van der Waals surface area contributed by atoms with Crippen molar-refractivity contribution in [1.29, 1.82) is 0 Å². The second-order valence-corrected chi connectivity index (χ2v) is 9.96. The maximum atomic E-state index is 12.6. The molecule has 8 heteroatoms. The molecular formula is C19H27ClN2O4S. The number of halogens is 1. The summed E-state index contributed by atoms with van der Waals surface area (Å²) in [6.07, 6.45) is 1.87. The van der Waals surface area contributed by atoms with Gasteiger partial charge in [-0.05, 0) is 37.0 Å². The van der Waals surface area contributed by atoms with Crippen LogP contribution in [0.5, 0.6) is 0 Å². The van der Waals surface area contributed by atoms with Gasteiger partial charge in [-0.1, -0.05) is 32.4 Å². The Morgan fingerprint density at radius 3 is 2.44 bits per heavy atom. The molecule has 2 rings (SSSR count). The molecule has 1 aromatic rings. The van der Waals surface area contributed by atoms with E-state index in [0.717, 1.165) is 0 Å². The van der Waals surface area contributed by atoms with Gasteiger partial charge < -0.3 is 10.2 Å². The zero-order valence-corrected chi connectivity index (χ0v) is 17.6. The number of amides is 2. The van der Waals surface area contributed by atoms with Crippen molar-refractivity contribution in [3.63, 3.8) is 0 Å². The van der Waals surface area contributed by atoms with Gasteiger partial charge in [0.05, 0.1) is 21.2 Å². The van der Waals surface area contributed by atoms with Crippen molar-refractivity contribution in [1.82, 2.24) is 10.2 Å². The first-order valence-corrected chi connectivity index (χ1v) is 11.3. The molecule has 150 valence electrons. The SMILES string of the molecule is CCS(=O)(=O)c1ccc(Cl)c(C(=O)NC2CCN(C(=O)CC(C)C)CC2)c1. The number of carbonyl (C=O) groups excluding carboxylic acids is 2. The maximum absolute atomic E-state index is 12.6. The van der Waals surface area contributed by atoms with Crippen molar-refractivity contribution in [2.45, 2.75) is 51.0 Å². The van der Waals surface area contributed by atoms with Crippen LogP contribution in [-0.2, 0) is 14.6 Å². The molecule has 0 bridgehead atoms. The van der Waals surface area contributed by atoms with E-state index in [1.807, 2.05) is 18.7 Å². The number of likely N-dealkylation sites (tertiary alicyclic amines) is 1. The molecule has 1 aliphatic rings. The van der Waals surface area contributed by atoms with Gasteiger partial charge in [0.2, 0.25) is 5.91 Å². The summed E-state index contributed by atoms with van der Waals surface area (Å²) in [5.74, 6) is 0.0394. The normalized spacial score (nSPS) is 15.8. The van der Waals surface area contributed by atoms with Gasteiger partial charge in [0, 0.05) is 25.6 Å². The van der Waals surface area contributed by atoms with Crippen molar-refractivity contribution in [3.05, 3.63) is 28.8 Å². The molecule has 0 radical (unpaired) electrons. The summed E-state index contributed by atoms with van der Waals surface area (Å²) in [5.41, 5.74) is 0.157. The van der Waals surface area contributed by atoms with Gasteiger partial charge in [-0.3, -0.25) is 9.59 Å². The topological polar surface area (TPSA) is 83.6 Å². The molecule has 6 nitrogen and oxygen atoms in total. The highest BCUT2D eigenvalue weighted by molar-refractivity contribution is 7.91. The van der Waals surface area contributed by atoms with E-state index < -0.39 is 9.84 Å². The van der Waals surface area contributed by atoms with E-state index in [-0.39, 0.29) is 39.1 Å². The molecule has 1 N–H and O–H groups in total. The van der Waals surface area contributed by atoms with Gasteiger partial charge in [-0.15, -0.1) is 0 Å². The van der Waals surface area contributed by atoms with E-state index >= 15 is 0 Å². The standard InChI is InChI=1S/C19H27ClN2O4S/c1-4-27(25,26)15-5-6-17(20)16(12-15)19(24)21-14-7-9-22(10-8-14)18(23)11-13(2)3/h5-6,12-14H,4,7-11H2,1-3H3,(H,21,24). The highest BCUT2D eigenvalue weighted by atomic mass is 35.5. The monoisotopic (exact) mass is 414 g/mol. The molecule has 0 aliphatic carbocycles. The first-order valence-electron chi connectivity index (χ1n) is 9.25. The minimum absolute atomic E-state index is 0.0431. The van der Waals surface area contributed by atoms with Gasteiger partial charge in [-0.2, -0.15) is 0 Å². The van der Waals surface area contributed by atoms with E-state index in [1.165, 1.54) is 18.2 Å². The van der Waals surface area contributed by atoms with Crippen LogP contribution in [0.25, 0.3) is 0 Å². The molecule has 1 saturated heterocycles. The fourth-order valence-electron chi connectivity index (χ4n) is 3.05. The quantitative estimate of drug-likeness (QED) is 0.775. The Kier molecular flexibility index (Phi) is 7.28. The van der Waals surface area contributed by atoms with Crippen LogP contribution in [0, 0.1) is 5.92 Å². The number of hydrogen-bond acceptors (Lipinski definition) is 4. The van der Waals surface area contributed by atoms with Crippen LogP contribution in [0.15, 0.2) is 23.1 Å². The zero-order chi connectivity index (χ0) is 20.2. The Hall–Kier alpha value is -1.60. The van der Waals surface area contributed by atoms with Crippen molar-refractivity contribution in [2.75, 3.05) is 18.8 Å². The van der Waals surface area contributed by atoms with E-state index in [2.05, 4.69) is 5.32 Å². The summed E-state index contributed by atoms with van der Waals surface area (Å²) in [6.45, 7) is 6.80. The van der Waals surface area contributed by atoms with Gasteiger partial charge in [0.25, 0.3) is 5.91 Å². The smallest absolute Gasteiger partial charge is 0.253 e. The van der Waals surface area contributed by atoms with Crippen LogP contribution >= 0.6 is 11.6 Å². The first kappa shape index (κ1) is 21.7. The van der Waals surface area contributed by atoms with Crippen LogP contribution in [0.3, 0.4) is 0 Å². The predicted molar refractivity (Wildman–Crippen MR) is 106 cm³/mol. The Morgan fingerprint density at radius 2 is 1.89 bits per heavy atom. The van der Waals surface area contributed by atoms with Gasteiger partial charge in [0.1, 0.15) is 0 Å². The highest BCUT2D eigenvalue weighted by Gasteiger charge is 2.25. The predicted octanol–water partition coefficient (Wildman–Crippen LogP) is 2.90. The number of nitrogens with zero attached hydrogens (tertiary/aromatic N) is 1. The average molecular weight is 415 g/mol. The number of benzene rings is 1. The summed E-state index contributed by atoms with van der Waals surface area (Å²) < 4.78 is 24.1. The molecular weight excluding hydrogens is 388 g/mol. The van der Waals surface area contributed by atoms with Crippen LogP contribution in [-0.4, -0.2) is 50.0 Å². The third-order valence-corrected chi connectivity index (χ3v) is 6.75. The molecule has 2 amide bonds.